The molecule has 0 aliphatic rings. The molecular formula is C8H7N5OS2. The number of nitrogens with one attached hydrogen (secondary N) is 1. The first-order chi connectivity index (χ1) is 7.77. The summed E-state index contributed by atoms with van der Waals surface area (Å²) in [6.07, 6.45) is 3.21. The van der Waals surface area contributed by atoms with E-state index in [1.807, 2.05) is 0 Å². The van der Waals surface area contributed by atoms with Crippen LogP contribution < -0.4 is 5.43 Å². The molecule has 0 unspecified atom stereocenters. The Morgan fingerprint density at radius 2 is 2.50 bits per heavy atom. The first-order valence-corrected chi connectivity index (χ1v) is 5.93. The molecule has 0 spiro atoms. The Labute approximate surface area is 99.2 Å². The van der Waals surface area contributed by atoms with E-state index < -0.39 is 0 Å². The van der Waals surface area contributed by atoms with E-state index in [-0.39, 0.29) is 5.91 Å². The summed E-state index contributed by atoms with van der Waals surface area (Å²) in [5.74, 6) is -0.298. The fourth-order valence-corrected chi connectivity index (χ4v) is 1.96. The minimum atomic E-state index is -0.298. The SMILES string of the molecule is Cc1nnsc1C(=O)N/N=C/c1cncs1. The lowest BCUT2D eigenvalue weighted by molar-refractivity contribution is 0.0958. The molecule has 0 atom stereocenters. The molecule has 16 heavy (non-hydrogen) atoms. The summed E-state index contributed by atoms with van der Waals surface area (Å²) in [4.78, 5) is 16.8. The van der Waals surface area contributed by atoms with Crippen LogP contribution in [0.25, 0.3) is 0 Å². The van der Waals surface area contributed by atoms with Gasteiger partial charge in [0.25, 0.3) is 5.91 Å². The fourth-order valence-electron chi connectivity index (χ4n) is 0.934. The molecule has 0 saturated heterocycles. The molecule has 8 heteroatoms. The van der Waals surface area contributed by atoms with Gasteiger partial charge in [-0.15, -0.1) is 16.4 Å². The maximum absolute atomic E-state index is 11.5. The molecule has 0 fully saturated rings. The van der Waals surface area contributed by atoms with Crippen LogP contribution in [0.3, 0.4) is 0 Å². The number of carbonyl (C=O) groups is 1. The third-order valence-corrected chi connectivity index (χ3v) is 3.20. The van der Waals surface area contributed by atoms with Gasteiger partial charge in [0.1, 0.15) is 4.88 Å². The van der Waals surface area contributed by atoms with Crippen molar-refractivity contribution in [2.24, 2.45) is 5.10 Å². The molecular weight excluding hydrogens is 246 g/mol. The standard InChI is InChI=1S/C8H7N5OS2/c1-5-7(16-13-11-5)8(14)12-10-3-6-2-9-4-15-6/h2-4H,1H3,(H,12,14)/b10-3+. The highest BCUT2D eigenvalue weighted by Gasteiger charge is 2.11. The predicted molar refractivity (Wildman–Crippen MR) is 61.8 cm³/mol. The average Bonchev–Trinajstić information content (AvgIpc) is 2.88. The topological polar surface area (TPSA) is 80.1 Å². The van der Waals surface area contributed by atoms with E-state index in [2.05, 4.69) is 25.1 Å². The van der Waals surface area contributed by atoms with Crippen LogP contribution in [0.15, 0.2) is 16.8 Å². The molecule has 0 aliphatic heterocycles. The Morgan fingerprint density at radius 3 is 3.12 bits per heavy atom. The molecule has 0 radical (unpaired) electrons. The van der Waals surface area contributed by atoms with Gasteiger partial charge in [0.05, 0.1) is 22.3 Å². The van der Waals surface area contributed by atoms with Crippen molar-refractivity contribution in [3.8, 4) is 0 Å². The number of rotatable bonds is 3. The maximum Gasteiger partial charge on any atom is 0.285 e. The number of hydrazone groups is 1. The monoisotopic (exact) mass is 253 g/mol. The summed E-state index contributed by atoms with van der Waals surface area (Å²) in [6.45, 7) is 1.73. The molecule has 82 valence electrons. The summed E-state index contributed by atoms with van der Waals surface area (Å²) >= 11 is 2.49. The van der Waals surface area contributed by atoms with Crippen LogP contribution in [0.4, 0.5) is 0 Å². The van der Waals surface area contributed by atoms with Crippen LogP contribution in [-0.2, 0) is 0 Å². The highest BCUT2D eigenvalue weighted by atomic mass is 32.1. The lowest BCUT2D eigenvalue weighted by Crippen LogP contribution is -2.17. The molecule has 2 aromatic rings. The van der Waals surface area contributed by atoms with Crippen molar-refractivity contribution in [3.05, 3.63) is 27.2 Å². The number of nitrogens with zero attached hydrogens (tertiary/aromatic N) is 4. The largest absolute Gasteiger partial charge is 0.285 e. The molecule has 0 aliphatic carbocycles. The Hall–Kier alpha value is -1.67. The highest BCUT2D eigenvalue weighted by Crippen LogP contribution is 2.08. The van der Waals surface area contributed by atoms with E-state index in [0.29, 0.717) is 10.6 Å². The van der Waals surface area contributed by atoms with E-state index >= 15 is 0 Å². The van der Waals surface area contributed by atoms with E-state index in [1.165, 1.54) is 11.3 Å². The van der Waals surface area contributed by atoms with Gasteiger partial charge in [-0.1, -0.05) is 4.49 Å². The zero-order chi connectivity index (χ0) is 11.4. The van der Waals surface area contributed by atoms with Gasteiger partial charge >= 0.3 is 0 Å². The van der Waals surface area contributed by atoms with Gasteiger partial charge in [-0.3, -0.25) is 9.78 Å². The fraction of sp³-hybridized carbons (Fsp3) is 0.125. The molecule has 0 saturated carbocycles. The Kier molecular flexibility index (Phi) is 3.32. The van der Waals surface area contributed by atoms with Gasteiger partial charge in [-0.25, -0.2) is 5.43 Å². The number of hydrogen-bond acceptors (Lipinski definition) is 7. The van der Waals surface area contributed by atoms with E-state index in [0.717, 1.165) is 16.4 Å². The Morgan fingerprint density at radius 1 is 1.62 bits per heavy atom. The van der Waals surface area contributed by atoms with Gasteiger partial charge < -0.3 is 0 Å². The second-order valence-electron chi connectivity index (χ2n) is 2.79. The summed E-state index contributed by atoms with van der Waals surface area (Å²) in [5, 5.41) is 7.55. The van der Waals surface area contributed by atoms with Gasteiger partial charge in [0.2, 0.25) is 0 Å². The van der Waals surface area contributed by atoms with Crippen LogP contribution in [0.1, 0.15) is 20.2 Å². The van der Waals surface area contributed by atoms with Gasteiger partial charge in [0.15, 0.2) is 0 Å². The zero-order valence-corrected chi connectivity index (χ0v) is 9.88. The van der Waals surface area contributed by atoms with Gasteiger partial charge in [-0.05, 0) is 18.5 Å². The summed E-state index contributed by atoms with van der Waals surface area (Å²) < 4.78 is 3.67. The number of thiazole rings is 1. The number of amides is 1. The number of aryl methyl sites for hydroxylation is 1. The lowest BCUT2D eigenvalue weighted by Gasteiger charge is -1.94. The van der Waals surface area contributed by atoms with Crippen molar-refractivity contribution < 1.29 is 4.79 Å². The summed E-state index contributed by atoms with van der Waals surface area (Å²) in [5.41, 5.74) is 4.71. The maximum atomic E-state index is 11.5. The van der Waals surface area contributed by atoms with Gasteiger partial charge in [-0.2, -0.15) is 5.10 Å². The highest BCUT2D eigenvalue weighted by molar-refractivity contribution is 7.11. The van der Waals surface area contributed by atoms with Crippen LogP contribution in [-0.4, -0.2) is 26.7 Å². The van der Waals surface area contributed by atoms with Crippen molar-refractivity contribution in [2.45, 2.75) is 6.92 Å². The molecule has 0 bridgehead atoms. The second kappa shape index (κ2) is 4.90. The number of carbonyl (C=O) groups excluding carboxylic acids is 1. The third kappa shape index (κ3) is 2.47. The predicted octanol–water partition coefficient (Wildman–Crippen LogP) is 1.07. The molecule has 2 rings (SSSR count). The van der Waals surface area contributed by atoms with Crippen LogP contribution in [0, 0.1) is 6.92 Å². The van der Waals surface area contributed by atoms with E-state index in [1.54, 1.807) is 24.8 Å². The van der Waals surface area contributed by atoms with Crippen molar-refractivity contribution >= 4 is 35.0 Å². The minimum Gasteiger partial charge on any atom is -0.266 e. The minimum absolute atomic E-state index is 0.298. The molecule has 1 amide bonds. The van der Waals surface area contributed by atoms with E-state index in [4.69, 9.17) is 0 Å². The van der Waals surface area contributed by atoms with Crippen molar-refractivity contribution in [1.29, 1.82) is 0 Å². The zero-order valence-electron chi connectivity index (χ0n) is 8.25. The van der Waals surface area contributed by atoms with Crippen LogP contribution in [0.5, 0.6) is 0 Å². The van der Waals surface area contributed by atoms with Crippen LogP contribution in [0.2, 0.25) is 0 Å². The Balaban J connectivity index is 1.97. The average molecular weight is 253 g/mol. The van der Waals surface area contributed by atoms with Crippen molar-refractivity contribution in [2.75, 3.05) is 0 Å². The number of hydrogen-bond donors (Lipinski definition) is 1. The second-order valence-corrected chi connectivity index (χ2v) is 4.46. The van der Waals surface area contributed by atoms with Crippen molar-refractivity contribution in [1.82, 2.24) is 20.0 Å². The molecule has 2 aromatic heterocycles. The van der Waals surface area contributed by atoms with Crippen LogP contribution >= 0.6 is 22.9 Å². The molecule has 0 aromatic carbocycles. The Bertz CT molecular complexity index is 504. The molecule has 6 nitrogen and oxygen atoms in total. The number of aromatic nitrogens is 3. The molecule has 2 heterocycles. The van der Waals surface area contributed by atoms with Crippen molar-refractivity contribution in [3.63, 3.8) is 0 Å². The lowest BCUT2D eigenvalue weighted by atomic mass is 10.4. The first kappa shape index (κ1) is 10.8. The first-order valence-electron chi connectivity index (χ1n) is 4.28. The normalized spacial score (nSPS) is 10.8. The summed E-state index contributed by atoms with van der Waals surface area (Å²) in [7, 11) is 0. The van der Waals surface area contributed by atoms with E-state index in [9.17, 15) is 4.79 Å². The summed E-state index contributed by atoms with van der Waals surface area (Å²) in [6, 6.07) is 0. The third-order valence-electron chi connectivity index (χ3n) is 1.67. The van der Waals surface area contributed by atoms with Gasteiger partial charge in [0, 0.05) is 6.20 Å². The smallest absolute Gasteiger partial charge is 0.266 e. The quantitative estimate of drug-likeness (QED) is 0.655. The molecule has 1 N–H and O–H groups in total.